The molecule has 0 saturated carbocycles. The Hall–Kier alpha value is -1.07. The summed E-state index contributed by atoms with van der Waals surface area (Å²) in [6.45, 7) is 4.51. The van der Waals surface area contributed by atoms with Gasteiger partial charge in [0.2, 0.25) is 0 Å². The molecule has 0 bridgehead atoms. The minimum atomic E-state index is -1.31. The molecule has 1 rings (SSSR count). The third-order valence-corrected chi connectivity index (χ3v) is 3.63. The normalized spacial score (nSPS) is 12.1. The number of hydrogen-bond donors (Lipinski definition) is 1. The molecule has 1 aromatic carbocycles. The fourth-order valence-corrected chi connectivity index (χ4v) is 2.45. The fraction of sp³-hybridized carbons (Fsp3) is 0.500. The average molecular weight is 331 g/mol. The number of rotatable bonds is 6. The van der Waals surface area contributed by atoms with Crippen molar-refractivity contribution in [3.63, 3.8) is 0 Å². The maximum Gasteiger partial charge on any atom is 0.339 e. The number of benzene rings is 1. The molecule has 5 heteroatoms. The second-order valence-electron chi connectivity index (χ2n) is 4.24. The van der Waals surface area contributed by atoms with Crippen molar-refractivity contribution in [3.05, 3.63) is 27.7 Å². The van der Waals surface area contributed by atoms with E-state index in [1.54, 1.807) is 0 Å². The van der Waals surface area contributed by atoms with Crippen molar-refractivity contribution in [3.8, 4) is 5.75 Å². The van der Waals surface area contributed by atoms with Gasteiger partial charge in [-0.3, -0.25) is 0 Å². The van der Waals surface area contributed by atoms with E-state index < -0.39 is 12.1 Å². The van der Waals surface area contributed by atoms with E-state index in [-0.39, 0.29) is 0 Å². The van der Waals surface area contributed by atoms with Gasteiger partial charge in [-0.1, -0.05) is 19.4 Å². The molecule has 19 heavy (non-hydrogen) atoms. The summed E-state index contributed by atoms with van der Waals surface area (Å²) in [5, 5.41) is 9.99. The van der Waals surface area contributed by atoms with Gasteiger partial charge in [0.25, 0.3) is 0 Å². The molecule has 0 saturated heterocycles. The van der Waals surface area contributed by atoms with Crippen molar-refractivity contribution < 1.29 is 19.4 Å². The van der Waals surface area contributed by atoms with Crippen LogP contribution in [-0.4, -0.2) is 24.8 Å². The Morgan fingerprint density at radius 3 is 2.74 bits per heavy atom. The van der Waals surface area contributed by atoms with E-state index in [1.807, 2.05) is 19.1 Å². The molecule has 0 aliphatic carbocycles. The van der Waals surface area contributed by atoms with Gasteiger partial charge in [0.05, 0.1) is 18.2 Å². The third-order valence-electron chi connectivity index (χ3n) is 2.82. The molecule has 1 N–H and O–H groups in total. The molecule has 0 heterocycles. The zero-order valence-electron chi connectivity index (χ0n) is 11.4. The number of carbonyl (C=O) groups excluding carboxylic acids is 1. The van der Waals surface area contributed by atoms with E-state index in [1.165, 1.54) is 7.11 Å². The van der Waals surface area contributed by atoms with Gasteiger partial charge in [0.15, 0.2) is 6.10 Å². The summed E-state index contributed by atoms with van der Waals surface area (Å²) in [6, 6.07) is 3.64. The molecule has 0 radical (unpaired) electrons. The van der Waals surface area contributed by atoms with Crippen LogP contribution in [0.4, 0.5) is 0 Å². The molecule has 4 nitrogen and oxygen atoms in total. The van der Waals surface area contributed by atoms with Gasteiger partial charge >= 0.3 is 5.97 Å². The highest BCUT2D eigenvalue weighted by Gasteiger charge is 2.24. The molecular formula is C14H19BrO4. The van der Waals surface area contributed by atoms with Gasteiger partial charge in [-0.05, 0) is 40.9 Å². The van der Waals surface area contributed by atoms with Crippen LogP contribution in [0.1, 0.15) is 37.0 Å². The van der Waals surface area contributed by atoms with E-state index >= 15 is 0 Å². The lowest BCUT2D eigenvalue weighted by molar-refractivity contribution is -0.150. The largest absolute Gasteiger partial charge is 0.492 e. The Morgan fingerprint density at radius 2 is 2.16 bits per heavy atom. The number of halogens is 1. The standard InChI is InChI=1S/C14H19BrO4/c1-4-5-8-19-10-7-6-9(2)11(12(10)15)13(16)14(17)18-3/h6-7,13,16H,4-5,8H2,1-3H3. The Labute approximate surface area is 121 Å². The number of aliphatic hydroxyl groups excluding tert-OH is 1. The van der Waals surface area contributed by atoms with Gasteiger partial charge in [-0.15, -0.1) is 0 Å². The molecule has 0 amide bonds. The number of unbranched alkanes of at least 4 members (excludes halogenated alkanes) is 1. The second-order valence-corrected chi connectivity index (χ2v) is 5.03. The molecule has 0 aliphatic rings. The lowest BCUT2D eigenvalue weighted by atomic mass is 10.0. The Balaban J connectivity index is 3.03. The van der Waals surface area contributed by atoms with Gasteiger partial charge in [-0.25, -0.2) is 4.79 Å². The fourth-order valence-electron chi connectivity index (χ4n) is 1.67. The number of ether oxygens (including phenoxy) is 2. The van der Waals surface area contributed by atoms with Crippen LogP contribution in [0.15, 0.2) is 16.6 Å². The van der Waals surface area contributed by atoms with E-state index in [2.05, 4.69) is 27.6 Å². The minimum absolute atomic E-state index is 0.487. The van der Waals surface area contributed by atoms with Crippen molar-refractivity contribution in [2.75, 3.05) is 13.7 Å². The number of esters is 1. The Bertz CT molecular complexity index is 445. The lowest BCUT2D eigenvalue weighted by Gasteiger charge is -2.17. The van der Waals surface area contributed by atoms with Crippen molar-refractivity contribution in [1.29, 1.82) is 0 Å². The van der Waals surface area contributed by atoms with E-state index in [0.29, 0.717) is 22.4 Å². The van der Waals surface area contributed by atoms with Crippen molar-refractivity contribution >= 4 is 21.9 Å². The molecule has 1 aromatic rings. The summed E-state index contributed by atoms with van der Waals surface area (Å²) in [5.74, 6) is -0.0634. The number of aryl methyl sites for hydroxylation is 1. The zero-order chi connectivity index (χ0) is 14.4. The number of carbonyl (C=O) groups is 1. The molecule has 106 valence electrons. The van der Waals surface area contributed by atoms with Crippen LogP contribution in [0.25, 0.3) is 0 Å². The van der Waals surface area contributed by atoms with E-state index in [0.717, 1.165) is 18.4 Å². The van der Waals surface area contributed by atoms with E-state index in [4.69, 9.17) is 4.74 Å². The van der Waals surface area contributed by atoms with Gasteiger partial charge in [-0.2, -0.15) is 0 Å². The summed E-state index contributed by atoms with van der Waals surface area (Å²) in [4.78, 5) is 11.5. The highest BCUT2D eigenvalue weighted by atomic mass is 79.9. The van der Waals surface area contributed by atoms with Crippen LogP contribution >= 0.6 is 15.9 Å². The molecular weight excluding hydrogens is 312 g/mol. The maximum absolute atomic E-state index is 11.5. The summed E-state index contributed by atoms with van der Waals surface area (Å²) in [6.07, 6.45) is 0.685. The van der Waals surface area contributed by atoms with Gasteiger partial charge in [0, 0.05) is 5.56 Å². The van der Waals surface area contributed by atoms with Crippen LogP contribution in [-0.2, 0) is 9.53 Å². The Kier molecular flexibility index (Phi) is 6.31. The molecule has 0 spiro atoms. The average Bonchev–Trinajstić information content (AvgIpc) is 2.40. The van der Waals surface area contributed by atoms with Crippen LogP contribution in [0.5, 0.6) is 5.75 Å². The monoisotopic (exact) mass is 330 g/mol. The van der Waals surface area contributed by atoms with Gasteiger partial charge < -0.3 is 14.6 Å². The summed E-state index contributed by atoms with van der Waals surface area (Å²) in [5.41, 5.74) is 1.29. The number of aliphatic hydroxyl groups is 1. The SMILES string of the molecule is CCCCOc1ccc(C)c(C(O)C(=O)OC)c1Br. The molecule has 0 fully saturated rings. The van der Waals surface area contributed by atoms with Crippen LogP contribution in [0.3, 0.4) is 0 Å². The first-order chi connectivity index (χ1) is 9.02. The predicted molar refractivity (Wildman–Crippen MR) is 76.3 cm³/mol. The Morgan fingerprint density at radius 1 is 1.47 bits per heavy atom. The van der Waals surface area contributed by atoms with Crippen molar-refractivity contribution in [2.24, 2.45) is 0 Å². The molecule has 1 atom stereocenters. The summed E-state index contributed by atoms with van der Waals surface area (Å²) < 4.78 is 10.8. The van der Waals surface area contributed by atoms with Crippen molar-refractivity contribution in [2.45, 2.75) is 32.8 Å². The molecule has 1 unspecified atom stereocenters. The van der Waals surface area contributed by atoms with Crippen LogP contribution in [0, 0.1) is 6.92 Å². The quantitative estimate of drug-likeness (QED) is 0.643. The molecule has 0 aliphatic heterocycles. The molecule has 0 aromatic heterocycles. The number of methoxy groups -OCH3 is 1. The predicted octanol–water partition coefficient (Wildman–Crippen LogP) is 3.14. The summed E-state index contributed by atoms with van der Waals surface area (Å²) >= 11 is 3.39. The highest BCUT2D eigenvalue weighted by molar-refractivity contribution is 9.10. The lowest BCUT2D eigenvalue weighted by Crippen LogP contribution is -2.15. The smallest absolute Gasteiger partial charge is 0.339 e. The third kappa shape index (κ3) is 3.94. The summed E-state index contributed by atoms with van der Waals surface area (Å²) in [7, 11) is 1.25. The van der Waals surface area contributed by atoms with E-state index in [9.17, 15) is 9.90 Å². The number of hydrogen-bond acceptors (Lipinski definition) is 4. The second kappa shape index (κ2) is 7.50. The minimum Gasteiger partial charge on any atom is -0.492 e. The first-order valence-corrected chi connectivity index (χ1v) is 6.99. The van der Waals surface area contributed by atoms with Crippen molar-refractivity contribution in [1.82, 2.24) is 0 Å². The zero-order valence-corrected chi connectivity index (χ0v) is 13.0. The first-order valence-electron chi connectivity index (χ1n) is 6.20. The van der Waals surface area contributed by atoms with Gasteiger partial charge in [0.1, 0.15) is 5.75 Å². The van der Waals surface area contributed by atoms with Crippen LogP contribution in [0.2, 0.25) is 0 Å². The topological polar surface area (TPSA) is 55.8 Å². The first kappa shape index (κ1) is 16.0. The highest BCUT2D eigenvalue weighted by Crippen LogP contribution is 2.35. The van der Waals surface area contributed by atoms with Crippen LogP contribution < -0.4 is 4.74 Å². The maximum atomic E-state index is 11.5.